The maximum atomic E-state index is 12.3. The molecule has 0 bridgehead atoms. The molecule has 0 aromatic heterocycles. The van der Waals surface area contributed by atoms with Crippen LogP contribution in [0.5, 0.6) is 5.75 Å². The minimum Gasteiger partial charge on any atom is -0.457 e. The first-order valence-electron chi connectivity index (χ1n) is 21.3. The molecular formula is C45H59N2O13S4+. The van der Waals surface area contributed by atoms with E-state index in [2.05, 4.69) is 12.2 Å². The third-order valence-electron chi connectivity index (χ3n) is 12.9. The highest BCUT2D eigenvalue weighted by atomic mass is 32.2. The summed E-state index contributed by atoms with van der Waals surface area (Å²) in [4.78, 5) is 2.66. The number of fused-ring (bicyclic) bond motifs is 2. The molecule has 2 aliphatic heterocycles. The second kappa shape index (κ2) is 18.8. The van der Waals surface area contributed by atoms with Crippen LogP contribution in [-0.2, 0) is 45.9 Å². The fourth-order valence-electron chi connectivity index (χ4n) is 9.64. The lowest BCUT2D eigenvalue weighted by Crippen LogP contribution is -3.17. The molecule has 2 aromatic rings. The molecule has 2 heterocycles. The maximum Gasteiger partial charge on any atom is 0.294 e. The van der Waals surface area contributed by atoms with Gasteiger partial charge in [-0.1, -0.05) is 63.6 Å². The van der Waals surface area contributed by atoms with E-state index in [1.807, 2.05) is 75.9 Å². The van der Waals surface area contributed by atoms with Crippen molar-refractivity contribution in [1.29, 1.82) is 0 Å². The average Bonchev–Trinajstić information content (AvgIpc) is 3.53. The Morgan fingerprint density at radius 1 is 0.812 bits per heavy atom. The third-order valence-corrected chi connectivity index (χ3v) is 16.3. The summed E-state index contributed by atoms with van der Waals surface area (Å²) in [6, 6.07) is 11.7. The number of rotatable bonds is 17. The molecule has 6 rings (SSSR count). The number of allylic oxidation sites excluding steroid dienone is 7. The summed E-state index contributed by atoms with van der Waals surface area (Å²) in [5.74, 6) is 0.175. The number of unbranched alkanes of at least 4 members (excludes halogenated alkanes) is 2. The summed E-state index contributed by atoms with van der Waals surface area (Å²) in [6.45, 7) is 10.8. The molecule has 15 nitrogen and oxygen atoms in total. The van der Waals surface area contributed by atoms with Crippen molar-refractivity contribution in [2.45, 2.75) is 102 Å². The number of hydrogen-bond acceptors (Lipinski definition) is 10. The van der Waals surface area contributed by atoms with Gasteiger partial charge in [0.1, 0.15) is 23.6 Å². The molecule has 4 atom stereocenters. The summed E-state index contributed by atoms with van der Waals surface area (Å²) in [5.41, 5.74) is 3.67. The molecule has 350 valence electrons. The van der Waals surface area contributed by atoms with Gasteiger partial charge in [0, 0.05) is 34.7 Å². The number of hydrogen-bond donors (Lipinski definition) is 5. The zero-order valence-corrected chi connectivity index (χ0v) is 39.9. The number of aryl methyl sites for hydroxylation is 1. The second-order valence-corrected chi connectivity index (χ2v) is 24.2. The second-order valence-electron chi connectivity index (χ2n) is 18.2. The predicted molar refractivity (Wildman–Crippen MR) is 245 cm³/mol. The van der Waals surface area contributed by atoms with Gasteiger partial charge in [-0.2, -0.15) is 33.7 Å². The number of nitrogens with one attached hydrogen (secondary N) is 1. The van der Waals surface area contributed by atoms with Crippen molar-refractivity contribution >= 4 is 46.2 Å². The predicted octanol–water partition coefficient (Wildman–Crippen LogP) is 6.18. The van der Waals surface area contributed by atoms with E-state index in [1.54, 1.807) is 18.2 Å². The SMILES string of the molecule is Cc1ccc(OC2=C(/C=C/C3[NH+](CCCCS(=O)(=O)O)C4C=CC(S(=O)(=O)O)=CC4C3(C)C)CCC/C2=C\C=C2\N(CCCCS(=O)(=O)O)c3ccc(S(=O)(=O)O)cc3C2(C)C)cc1. The van der Waals surface area contributed by atoms with E-state index in [4.69, 9.17) is 4.74 Å². The summed E-state index contributed by atoms with van der Waals surface area (Å²) < 4.78 is 140. The van der Waals surface area contributed by atoms with Crippen LogP contribution in [0.25, 0.3) is 0 Å². The molecule has 0 radical (unpaired) electrons. The largest absolute Gasteiger partial charge is 0.457 e. The van der Waals surface area contributed by atoms with Crippen LogP contribution in [0.15, 0.2) is 117 Å². The van der Waals surface area contributed by atoms with Crippen molar-refractivity contribution in [3.63, 3.8) is 0 Å². The highest BCUT2D eigenvalue weighted by Crippen LogP contribution is 2.49. The average molecular weight is 964 g/mol. The summed E-state index contributed by atoms with van der Waals surface area (Å²) in [5, 5.41) is 0. The first kappa shape index (κ1) is 49.5. The van der Waals surface area contributed by atoms with E-state index in [0.29, 0.717) is 61.5 Å². The molecule has 1 saturated heterocycles. The fourth-order valence-corrected chi connectivity index (χ4v) is 11.8. The van der Waals surface area contributed by atoms with E-state index < -0.39 is 57.1 Å². The zero-order chi connectivity index (χ0) is 47.0. The van der Waals surface area contributed by atoms with Crippen molar-refractivity contribution in [2.75, 3.05) is 29.5 Å². The topological polar surface area (TPSA) is 234 Å². The molecule has 0 amide bonds. The van der Waals surface area contributed by atoms with Crippen LogP contribution in [0, 0.1) is 18.3 Å². The van der Waals surface area contributed by atoms with Crippen LogP contribution < -0.4 is 14.5 Å². The molecule has 0 saturated carbocycles. The smallest absolute Gasteiger partial charge is 0.294 e. The van der Waals surface area contributed by atoms with Crippen molar-refractivity contribution in [2.24, 2.45) is 11.3 Å². The molecule has 2 aromatic carbocycles. The normalized spacial score (nSPS) is 24.7. The van der Waals surface area contributed by atoms with Gasteiger partial charge in [-0.15, -0.1) is 0 Å². The Balaban J connectivity index is 1.43. The van der Waals surface area contributed by atoms with E-state index in [-0.39, 0.29) is 46.4 Å². The number of anilines is 1. The first-order valence-corrected chi connectivity index (χ1v) is 27.4. The van der Waals surface area contributed by atoms with Crippen LogP contribution in [0.1, 0.15) is 83.8 Å². The standard InChI is InChI=1S/C45H58N2O13S4/c1-31-13-17-34(18-14-31)60-43-32(15-23-41-44(2,3)37-29-35(63(54,55)56)19-21-39(37)46(41)25-6-8-27-61(48,49)50)11-10-12-33(43)16-24-42-45(4,5)38-30-36(64(57,58)59)20-22-40(38)47(42)26-7-9-28-62(51,52)53/h13-24,29-30,37,39,41H,6-12,25-28H2,1-5H3,(H,48,49,50)(H,51,52,53)(H,54,55,56)(H,57,58,59)/p+1/b23-15+,33-16+,42-24+. The minimum atomic E-state index is -4.52. The van der Waals surface area contributed by atoms with Crippen LogP contribution in [0.2, 0.25) is 0 Å². The molecule has 0 spiro atoms. The monoisotopic (exact) mass is 963 g/mol. The quantitative estimate of drug-likeness (QED) is 0.0881. The van der Waals surface area contributed by atoms with Crippen LogP contribution in [-0.4, -0.2) is 88.6 Å². The van der Waals surface area contributed by atoms with Gasteiger partial charge in [0.2, 0.25) is 0 Å². The lowest BCUT2D eigenvalue weighted by atomic mass is 9.73. The Morgan fingerprint density at radius 2 is 1.47 bits per heavy atom. The first-order chi connectivity index (χ1) is 29.7. The van der Waals surface area contributed by atoms with Gasteiger partial charge in [-0.05, 0) is 123 Å². The molecule has 64 heavy (non-hydrogen) atoms. The van der Waals surface area contributed by atoms with Gasteiger partial charge in [0.05, 0.1) is 27.9 Å². The number of quaternary nitrogens is 1. The summed E-state index contributed by atoms with van der Waals surface area (Å²) in [6.07, 6.45) is 16.3. The molecule has 5 N–H and O–H groups in total. The van der Waals surface area contributed by atoms with Gasteiger partial charge >= 0.3 is 0 Å². The minimum absolute atomic E-state index is 0.172. The van der Waals surface area contributed by atoms with E-state index in [1.165, 1.54) is 18.2 Å². The molecule has 19 heteroatoms. The van der Waals surface area contributed by atoms with Gasteiger partial charge in [-0.3, -0.25) is 18.2 Å². The molecular weight excluding hydrogens is 905 g/mol. The number of nitrogens with zero attached hydrogens (tertiary/aromatic N) is 1. The van der Waals surface area contributed by atoms with Gasteiger partial charge in [0.15, 0.2) is 0 Å². The van der Waals surface area contributed by atoms with Crippen molar-refractivity contribution in [3.05, 3.63) is 124 Å². The highest BCUT2D eigenvalue weighted by Gasteiger charge is 2.56. The van der Waals surface area contributed by atoms with Crippen molar-refractivity contribution < 1.29 is 61.5 Å². The highest BCUT2D eigenvalue weighted by molar-refractivity contribution is 7.90. The van der Waals surface area contributed by atoms with Crippen LogP contribution in [0.4, 0.5) is 5.69 Å². The molecule has 2 aliphatic carbocycles. The van der Waals surface area contributed by atoms with Gasteiger partial charge < -0.3 is 14.5 Å². The molecule has 4 aliphatic rings. The molecule has 4 unspecified atom stereocenters. The zero-order valence-electron chi connectivity index (χ0n) is 36.6. The number of likely N-dealkylation sites (tertiary alicyclic amines) is 1. The van der Waals surface area contributed by atoms with Gasteiger partial charge in [0.25, 0.3) is 40.5 Å². The summed E-state index contributed by atoms with van der Waals surface area (Å²) in [7, 11) is -17.3. The maximum absolute atomic E-state index is 12.3. The lowest BCUT2D eigenvalue weighted by Gasteiger charge is -2.29. The van der Waals surface area contributed by atoms with Crippen LogP contribution >= 0.6 is 0 Å². The van der Waals surface area contributed by atoms with Gasteiger partial charge in [-0.25, -0.2) is 0 Å². The Bertz CT molecular complexity index is 2770. The van der Waals surface area contributed by atoms with E-state index in [0.717, 1.165) is 33.7 Å². The van der Waals surface area contributed by atoms with Crippen molar-refractivity contribution in [3.8, 4) is 5.75 Å². The Morgan fingerprint density at radius 3 is 2.09 bits per heavy atom. The Kier molecular flexibility index (Phi) is 14.5. The Labute approximate surface area is 378 Å². The van der Waals surface area contributed by atoms with Crippen molar-refractivity contribution in [1.82, 2.24) is 0 Å². The summed E-state index contributed by atoms with van der Waals surface area (Å²) >= 11 is 0. The fraction of sp³-hybridized carbons (Fsp3) is 0.467. The number of ether oxygens (including phenoxy) is 1. The third kappa shape index (κ3) is 11.5. The van der Waals surface area contributed by atoms with E-state index in [9.17, 15) is 51.9 Å². The van der Waals surface area contributed by atoms with E-state index >= 15 is 0 Å². The molecule has 1 fully saturated rings. The Hall–Kier alpha value is -3.92. The van der Waals surface area contributed by atoms with Crippen LogP contribution in [0.3, 0.4) is 0 Å². The number of benzene rings is 2. The lowest BCUT2D eigenvalue weighted by molar-refractivity contribution is -0.927.